The molecule has 0 saturated heterocycles. The molecule has 0 unspecified atom stereocenters. The van der Waals surface area contributed by atoms with E-state index in [2.05, 4.69) is 20.5 Å². The molecule has 11 heteroatoms. The number of nitrogens with one attached hydrogen (secondary N) is 2. The number of hydrogen-bond donors (Lipinski definition) is 2. The second kappa shape index (κ2) is 7.39. The van der Waals surface area contributed by atoms with Crippen molar-refractivity contribution in [2.45, 2.75) is 32.1 Å². The Hall–Kier alpha value is -2.08. The van der Waals surface area contributed by atoms with Crippen molar-refractivity contribution in [3.05, 3.63) is 39.8 Å². The summed E-state index contributed by atoms with van der Waals surface area (Å²) in [5, 5.41) is 11.7. The summed E-state index contributed by atoms with van der Waals surface area (Å²) in [7, 11) is -3.31. The van der Waals surface area contributed by atoms with Gasteiger partial charge < -0.3 is 0 Å². The first-order valence-electron chi connectivity index (χ1n) is 8.73. The summed E-state index contributed by atoms with van der Waals surface area (Å²) in [6.45, 7) is 4.07. The first kappa shape index (κ1) is 19.2. The van der Waals surface area contributed by atoms with E-state index in [1.165, 1.54) is 15.6 Å². The molecule has 3 aromatic rings. The van der Waals surface area contributed by atoms with Gasteiger partial charge in [0.15, 0.2) is 10.8 Å². The molecule has 28 heavy (non-hydrogen) atoms. The molecule has 0 aromatic carbocycles. The summed E-state index contributed by atoms with van der Waals surface area (Å²) in [5.74, 6) is -0.350. The maximum Gasteiger partial charge on any atom is 0.277 e. The number of fused-ring (bicyclic) bond motifs is 1. The SMILES string of the molecule is CC(C)S(=O)(=O)N1CCc2nc(NC(=O)c3cc(-c4cccs4)[nH]n3)sc2C1. The van der Waals surface area contributed by atoms with E-state index in [0.29, 0.717) is 24.6 Å². The van der Waals surface area contributed by atoms with Crippen molar-refractivity contribution >= 4 is 43.7 Å². The zero-order chi connectivity index (χ0) is 19.9. The molecule has 0 spiro atoms. The number of H-pyrrole nitrogens is 1. The first-order chi connectivity index (χ1) is 13.3. The van der Waals surface area contributed by atoms with Crippen molar-refractivity contribution < 1.29 is 13.2 Å². The number of hydrogen-bond acceptors (Lipinski definition) is 7. The minimum atomic E-state index is -3.31. The summed E-state index contributed by atoms with van der Waals surface area (Å²) in [5.41, 5.74) is 1.91. The van der Waals surface area contributed by atoms with Gasteiger partial charge in [0.25, 0.3) is 5.91 Å². The van der Waals surface area contributed by atoms with Crippen LogP contribution in [-0.2, 0) is 23.0 Å². The third kappa shape index (κ3) is 3.62. The molecule has 1 amide bonds. The maximum atomic E-state index is 12.5. The Morgan fingerprint density at radius 1 is 1.39 bits per heavy atom. The fourth-order valence-electron chi connectivity index (χ4n) is 2.90. The summed E-state index contributed by atoms with van der Waals surface area (Å²) < 4.78 is 26.3. The van der Waals surface area contributed by atoms with Crippen LogP contribution < -0.4 is 5.32 Å². The maximum absolute atomic E-state index is 12.5. The molecular weight excluding hydrogens is 418 g/mol. The lowest BCUT2D eigenvalue weighted by Gasteiger charge is -2.26. The molecule has 8 nitrogen and oxygen atoms in total. The minimum absolute atomic E-state index is 0.278. The van der Waals surface area contributed by atoms with Crippen LogP contribution >= 0.6 is 22.7 Å². The first-order valence-corrected chi connectivity index (χ1v) is 11.9. The molecule has 1 aliphatic heterocycles. The van der Waals surface area contributed by atoms with Crippen LogP contribution in [0.2, 0.25) is 0 Å². The molecule has 0 fully saturated rings. The normalized spacial score (nSPS) is 15.0. The molecule has 0 radical (unpaired) electrons. The quantitative estimate of drug-likeness (QED) is 0.638. The van der Waals surface area contributed by atoms with E-state index < -0.39 is 15.3 Å². The van der Waals surface area contributed by atoms with Crippen LogP contribution in [-0.4, -0.2) is 45.6 Å². The van der Waals surface area contributed by atoms with Gasteiger partial charge in [-0.15, -0.1) is 22.7 Å². The van der Waals surface area contributed by atoms with Crippen molar-refractivity contribution in [2.75, 3.05) is 11.9 Å². The standard InChI is InChI=1S/C17H19N5O3S3/c1-10(2)28(24,25)22-6-5-11-15(9-22)27-17(18-11)19-16(23)13-8-12(20-21-13)14-4-3-7-26-14/h3-4,7-8,10H,5-6,9H2,1-2H3,(H,20,21)(H,18,19,23). The monoisotopic (exact) mass is 437 g/mol. The number of anilines is 1. The molecule has 0 saturated carbocycles. The lowest BCUT2D eigenvalue weighted by Crippen LogP contribution is -2.39. The van der Waals surface area contributed by atoms with E-state index in [1.807, 2.05) is 17.5 Å². The summed E-state index contributed by atoms with van der Waals surface area (Å²) in [6, 6.07) is 5.58. The molecule has 0 aliphatic carbocycles. The third-order valence-electron chi connectivity index (χ3n) is 4.47. The van der Waals surface area contributed by atoms with Gasteiger partial charge >= 0.3 is 0 Å². The molecule has 148 valence electrons. The Morgan fingerprint density at radius 2 is 2.21 bits per heavy atom. The van der Waals surface area contributed by atoms with Gasteiger partial charge in [-0.05, 0) is 31.4 Å². The number of rotatable bonds is 5. The lowest BCUT2D eigenvalue weighted by molar-refractivity contribution is 0.102. The summed E-state index contributed by atoms with van der Waals surface area (Å²) in [4.78, 5) is 18.8. The van der Waals surface area contributed by atoms with Gasteiger partial charge in [0, 0.05) is 24.4 Å². The summed E-state index contributed by atoms with van der Waals surface area (Å²) in [6.07, 6.45) is 0.540. The average molecular weight is 438 g/mol. The van der Waals surface area contributed by atoms with Gasteiger partial charge in [-0.25, -0.2) is 13.4 Å². The van der Waals surface area contributed by atoms with Crippen molar-refractivity contribution in [3.63, 3.8) is 0 Å². The van der Waals surface area contributed by atoms with Gasteiger partial charge in [0.2, 0.25) is 10.0 Å². The highest BCUT2D eigenvalue weighted by atomic mass is 32.2. The Morgan fingerprint density at radius 3 is 2.93 bits per heavy atom. The van der Waals surface area contributed by atoms with Gasteiger partial charge in [0.05, 0.1) is 21.5 Å². The van der Waals surface area contributed by atoms with Crippen LogP contribution in [0.15, 0.2) is 23.6 Å². The number of thiophene rings is 1. The fraction of sp³-hybridized carbons (Fsp3) is 0.353. The van der Waals surface area contributed by atoms with Crippen molar-refractivity contribution in [3.8, 4) is 10.6 Å². The van der Waals surface area contributed by atoms with Crippen LogP contribution in [0.5, 0.6) is 0 Å². The third-order valence-corrected chi connectivity index (χ3v) is 8.59. The van der Waals surface area contributed by atoms with Crippen molar-refractivity contribution in [1.82, 2.24) is 19.5 Å². The number of aromatic amines is 1. The fourth-order valence-corrected chi connectivity index (χ4v) is 5.94. The largest absolute Gasteiger partial charge is 0.296 e. The van der Waals surface area contributed by atoms with E-state index in [9.17, 15) is 13.2 Å². The Kier molecular flexibility index (Phi) is 5.08. The van der Waals surface area contributed by atoms with E-state index in [0.717, 1.165) is 21.1 Å². The van der Waals surface area contributed by atoms with Gasteiger partial charge in [0.1, 0.15) is 0 Å². The predicted octanol–water partition coefficient (Wildman–Crippen LogP) is 2.94. The highest BCUT2D eigenvalue weighted by Crippen LogP contribution is 2.30. The molecular formula is C17H19N5O3S3. The minimum Gasteiger partial charge on any atom is -0.296 e. The molecule has 2 N–H and O–H groups in total. The van der Waals surface area contributed by atoms with Gasteiger partial charge in [-0.2, -0.15) is 9.40 Å². The van der Waals surface area contributed by atoms with E-state index in [4.69, 9.17) is 0 Å². The highest BCUT2D eigenvalue weighted by molar-refractivity contribution is 7.89. The number of sulfonamides is 1. The number of thiazole rings is 1. The van der Waals surface area contributed by atoms with Gasteiger partial charge in [-0.3, -0.25) is 15.2 Å². The molecule has 0 bridgehead atoms. The Labute approximate surface area is 170 Å². The zero-order valence-corrected chi connectivity index (χ0v) is 17.7. The van der Waals surface area contributed by atoms with Gasteiger partial charge in [-0.1, -0.05) is 6.07 Å². The zero-order valence-electron chi connectivity index (χ0n) is 15.3. The number of carbonyl (C=O) groups is 1. The topological polar surface area (TPSA) is 108 Å². The number of amides is 1. The Bertz CT molecular complexity index is 1100. The Balaban J connectivity index is 1.47. The smallest absolute Gasteiger partial charge is 0.277 e. The summed E-state index contributed by atoms with van der Waals surface area (Å²) >= 11 is 2.87. The number of nitrogens with zero attached hydrogens (tertiary/aromatic N) is 3. The second-order valence-electron chi connectivity index (χ2n) is 6.66. The molecule has 0 atom stereocenters. The highest BCUT2D eigenvalue weighted by Gasteiger charge is 2.31. The predicted molar refractivity (Wildman–Crippen MR) is 110 cm³/mol. The number of carbonyl (C=O) groups excluding carboxylic acids is 1. The van der Waals surface area contributed by atoms with Crippen LogP contribution in [0.4, 0.5) is 5.13 Å². The lowest BCUT2D eigenvalue weighted by atomic mass is 10.2. The van der Waals surface area contributed by atoms with Crippen molar-refractivity contribution in [1.29, 1.82) is 0 Å². The van der Waals surface area contributed by atoms with Crippen LogP contribution in [0, 0.1) is 0 Å². The van der Waals surface area contributed by atoms with E-state index >= 15 is 0 Å². The molecule has 4 heterocycles. The average Bonchev–Trinajstić information content (AvgIpc) is 3.39. The van der Waals surface area contributed by atoms with Crippen molar-refractivity contribution in [2.24, 2.45) is 0 Å². The van der Waals surface area contributed by atoms with E-state index in [-0.39, 0.29) is 11.6 Å². The molecule has 3 aromatic heterocycles. The van der Waals surface area contributed by atoms with E-state index in [1.54, 1.807) is 31.3 Å². The van der Waals surface area contributed by atoms with Crippen LogP contribution in [0.3, 0.4) is 0 Å². The molecule has 4 rings (SSSR count). The second-order valence-corrected chi connectivity index (χ2v) is 11.2. The number of aromatic nitrogens is 3. The van der Waals surface area contributed by atoms with Crippen LogP contribution in [0.25, 0.3) is 10.6 Å². The molecule has 1 aliphatic rings. The van der Waals surface area contributed by atoms with Crippen LogP contribution in [0.1, 0.15) is 34.9 Å².